The van der Waals surface area contributed by atoms with Crippen molar-refractivity contribution >= 4 is 11.0 Å². The van der Waals surface area contributed by atoms with Gasteiger partial charge >= 0.3 is 0 Å². The third kappa shape index (κ3) is 2.72. The third-order valence-electron chi connectivity index (χ3n) is 4.13. The molecule has 0 saturated carbocycles. The van der Waals surface area contributed by atoms with Crippen LogP contribution in [-0.2, 0) is 20.0 Å². The fourth-order valence-corrected chi connectivity index (χ4v) is 2.97. The summed E-state index contributed by atoms with van der Waals surface area (Å²) >= 11 is 0. The van der Waals surface area contributed by atoms with Gasteiger partial charge in [0.2, 0.25) is 0 Å². The summed E-state index contributed by atoms with van der Waals surface area (Å²) in [5.41, 5.74) is 3.77. The fourth-order valence-electron chi connectivity index (χ4n) is 2.97. The highest BCUT2D eigenvalue weighted by Crippen LogP contribution is 2.18. The Kier molecular flexibility index (Phi) is 4.03. The van der Waals surface area contributed by atoms with Gasteiger partial charge in [-0.2, -0.15) is 0 Å². The Morgan fingerprint density at radius 2 is 2.05 bits per heavy atom. The molecule has 2 aromatic rings. The van der Waals surface area contributed by atoms with Crippen molar-refractivity contribution in [3.63, 3.8) is 0 Å². The van der Waals surface area contributed by atoms with Gasteiger partial charge in [-0.05, 0) is 24.1 Å². The van der Waals surface area contributed by atoms with Crippen LogP contribution < -0.4 is 5.32 Å². The zero-order chi connectivity index (χ0) is 13.9. The summed E-state index contributed by atoms with van der Waals surface area (Å²) in [4.78, 5) is 7.30. The van der Waals surface area contributed by atoms with Crippen molar-refractivity contribution in [3.8, 4) is 0 Å². The van der Waals surface area contributed by atoms with Gasteiger partial charge in [0.25, 0.3) is 0 Å². The van der Waals surface area contributed by atoms with Crippen LogP contribution in [0.2, 0.25) is 0 Å². The molecule has 0 unspecified atom stereocenters. The number of imidazole rings is 1. The van der Waals surface area contributed by atoms with Gasteiger partial charge in [0.1, 0.15) is 5.82 Å². The van der Waals surface area contributed by atoms with Gasteiger partial charge < -0.3 is 9.88 Å². The van der Waals surface area contributed by atoms with Crippen molar-refractivity contribution in [2.24, 2.45) is 7.05 Å². The second kappa shape index (κ2) is 5.94. The molecular formula is C16H24N4. The van der Waals surface area contributed by atoms with Crippen molar-refractivity contribution in [1.29, 1.82) is 0 Å². The molecule has 0 aliphatic carbocycles. The first kappa shape index (κ1) is 13.6. The Morgan fingerprint density at radius 1 is 1.25 bits per heavy atom. The van der Waals surface area contributed by atoms with E-state index < -0.39 is 0 Å². The molecule has 4 heteroatoms. The van der Waals surface area contributed by atoms with Crippen LogP contribution in [-0.4, -0.2) is 40.6 Å². The molecule has 1 aromatic carbocycles. The molecule has 3 rings (SSSR count). The number of fused-ring (bicyclic) bond motifs is 1. The molecule has 0 atom stereocenters. The van der Waals surface area contributed by atoms with Crippen LogP contribution >= 0.6 is 0 Å². The standard InChI is InChI=1S/C16H24N4/c1-3-4-16-18-14-11-13(5-6-15(14)19(16)2)12-20-9-7-17-8-10-20/h5-6,11,17H,3-4,7-10,12H2,1-2H3. The summed E-state index contributed by atoms with van der Waals surface area (Å²) in [6.07, 6.45) is 2.20. The first-order valence-corrected chi connectivity index (χ1v) is 7.65. The number of nitrogens with one attached hydrogen (secondary N) is 1. The fraction of sp³-hybridized carbons (Fsp3) is 0.562. The SMILES string of the molecule is CCCc1nc2cc(CN3CCNCC3)ccc2n1C. The maximum absolute atomic E-state index is 4.79. The summed E-state index contributed by atoms with van der Waals surface area (Å²) in [6.45, 7) is 7.73. The average molecular weight is 272 g/mol. The molecule has 1 saturated heterocycles. The monoisotopic (exact) mass is 272 g/mol. The molecule has 4 nitrogen and oxygen atoms in total. The van der Waals surface area contributed by atoms with Crippen molar-refractivity contribution < 1.29 is 0 Å². The Balaban J connectivity index is 1.82. The first-order chi connectivity index (χ1) is 9.78. The van der Waals surface area contributed by atoms with Gasteiger partial charge in [0.15, 0.2) is 0 Å². The highest BCUT2D eigenvalue weighted by Gasteiger charge is 2.12. The molecule has 1 aliphatic rings. The quantitative estimate of drug-likeness (QED) is 0.923. The van der Waals surface area contributed by atoms with E-state index in [0.717, 1.165) is 51.1 Å². The van der Waals surface area contributed by atoms with Crippen LogP contribution in [0.3, 0.4) is 0 Å². The summed E-state index contributed by atoms with van der Waals surface area (Å²) in [7, 11) is 2.12. The van der Waals surface area contributed by atoms with E-state index in [2.05, 4.69) is 47.0 Å². The molecule has 0 radical (unpaired) electrons. The summed E-state index contributed by atoms with van der Waals surface area (Å²) in [6, 6.07) is 6.73. The van der Waals surface area contributed by atoms with E-state index in [0.29, 0.717) is 0 Å². The van der Waals surface area contributed by atoms with E-state index in [4.69, 9.17) is 4.98 Å². The Labute approximate surface area is 120 Å². The largest absolute Gasteiger partial charge is 0.331 e. The Bertz CT molecular complexity index is 581. The average Bonchev–Trinajstić information content (AvgIpc) is 2.77. The number of aryl methyl sites for hydroxylation is 2. The normalized spacial score (nSPS) is 16.9. The zero-order valence-corrected chi connectivity index (χ0v) is 12.5. The van der Waals surface area contributed by atoms with Crippen molar-refractivity contribution in [2.45, 2.75) is 26.3 Å². The number of hydrogen-bond donors (Lipinski definition) is 1. The lowest BCUT2D eigenvalue weighted by molar-refractivity contribution is 0.233. The Morgan fingerprint density at radius 3 is 2.80 bits per heavy atom. The van der Waals surface area contributed by atoms with Crippen LogP contribution in [0.5, 0.6) is 0 Å². The van der Waals surface area contributed by atoms with E-state index in [-0.39, 0.29) is 0 Å². The van der Waals surface area contributed by atoms with E-state index in [1.807, 2.05) is 0 Å². The van der Waals surface area contributed by atoms with Crippen molar-refractivity contribution in [3.05, 3.63) is 29.6 Å². The predicted octanol–water partition coefficient (Wildman–Crippen LogP) is 1.93. The zero-order valence-electron chi connectivity index (χ0n) is 12.5. The van der Waals surface area contributed by atoms with E-state index in [1.165, 1.54) is 16.9 Å². The summed E-state index contributed by atoms with van der Waals surface area (Å²) < 4.78 is 2.23. The number of benzene rings is 1. The van der Waals surface area contributed by atoms with Gasteiger partial charge in [-0.25, -0.2) is 4.98 Å². The van der Waals surface area contributed by atoms with Crippen LogP contribution in [0.15, 0.2) is 18.2 Å². The molecule has 1 aromatic heterocycles. The van der Waals surface area contributed by atoms with Crippen LogP contribution in [0.1, 0.15) is 24.7 Å². The molecule has 0 bridgehead atoms. The number of hydrogen-bond acceptors (Lipinski definition) is 3. The van der Waals surface area contributed by atoms with Crippen LogP contribution in [0.4, 0.5) is 0 Å². The van der Waals surface area contributed by atoms with Gasteiger partial charge in [-0.1, -0.05) is 13.0 Å². The Hall–Kier alpha value is -1.39. The minimum Gasteiger partial charge on any atom is -0.331 e. The molecule has 108 valence electrons. The second-order valence-corrected chi connectivity index (χ2v) is 5.69. The maximum Gasteiger partial charge on any atom is 0.109 e. The van der Waals surface area contributed by atoms with Gasteiger partial charge in [0, 0.05) is 46.2 Å². The van der Waals surface area contributed by atoms with Gasteiger partial charge in [0.05, 0.1) is 11.0 Å². The molecule has 1 fully saturated rings. The maximum atomic E-state index is 4.79. The number of aromatic nitrogens is 2. The lowest BCUT2D eigenvalue weighted by atomic mass is 10.2. The molecule has 1 aliphatic heterocycles. The lowest BCUT2D eigenvalue weighted by Gasteiger charge is -2.27. The molecule has 2 heterocycles. The minimum atomic E-state index is 1.04. The number of piperazine rings is 1. The summed E-state index contributed by atoms with van der Waals surface area (Å²) in [5, 5.41) is 3.40. The first-order valence-electron chi connectivity index (χ1n) is 7.65. The highest BCUT2D eigenvalue weighted by atomic mass is 15.2. The topological polar surface area (TPSA) is 33.1 Å². The van der Waals surface area contributed by atoms with E-state index >= 15 is 0 Å². The van der Waals surface area contributed by atoms with Crippen molar-refractivity contribution in [2.75, 3.05) is 26.2 Å². The molecule has 0 spiro atoms. The molecule has 1 N–H and O–H groups in total. The predicted molar refractivity (Wildman–Crippen MR) is 82.9 cm³/mol. The number of rotatable bonds is 4. The smallest absolute Gasteiger partial charge is 0.109 e. The molecule has 0 amide bonds. The van der Waals surface area contributed by atoms with Crippen molar-refractivity contribution in [1.82, 2.24) is 19.8 Å². The van der Waals surface area contributed by atoms with Crippen LogP contribution in [0.25, 0.3) is 11.0 Å². The number of nitrogens with zero attached hydrogens (tertiary/aromatic N) is 3. The highest BCUT2D eigenvalue weighted by molar-refractivity contribution is 5.76. The van der Waals surface area contributed by atoms with E-state index in [1.54, 1.807) is 0 Å². The van der Waals surface area contributed by atoms with Gasteiger partial charge in [-0.3, -0.25) is 4.90 Å². The third-order valence-corrected chi connectivity index (χ3v) is 4.13. The molecule has 20 heavy (non-hydrogen) atoms. The van der Waals surface area contributed by atoms with Gasteiger partial charge in [-0.15, -0.1) is 0 Å². The second-order valence-electron chi connectivity index (χ2n) is 5.69. The minimum absolute atomic E-state index is 1.04. The van der Waals surface area contributed by atoms with E-state index in [9.17, 15) is 0 Å². The lowest BCUT2D eigenvalue weighted by Crippen LogP contribution is -2.42. The van der Waals surface area contributed by atoms with Crippen LogP contribution in [0, 0.1) is 0 Å². The summed E-state index contributed by atoms with van der Waals surface area (Å²) in [5.74, 6) is 1.20. The molecular weight excluding hydrogens is 248 g/mol.